The van der Waals surface area contributed by atoms with Gasteiger partial charge in [-0.15, -0.1) is 24.0 Å². The number of aliphatic imine (C=N–C) groups is 1. The second kappa shape index (κ2) is 9.40. The van der Waals surface area contributed by atoms with Crippen molar-refractivity contribution < 1.29 is 4.79 Å². The molecular weight excluding hydrogens is 427 g/mol. The lowest BCUT2D eigenvalue weighted by molar-refractivity contribution is -0.119. The fourth-order valence-corrected chi connectivity index (χ4v) is 3.05. The normalized spacial score (nSPS) is 23.0. The molecule has 1 aliphatic carbocycles. The number of hydrogen-bond donors (Lipinski definition) is 2. The molecule has 1 saturated heterocycles. The third kappa shape index (κ3) is 5.59. The summed E-state index contributed by atoms with van der Waals surface area (Å²) in [5.74, 6) is 1.88. The van der Waals surface area contributed by atoms with E-state index in [1.165, 1.54) is 6.42 Å². The van der Waals surface area contributed by atoms with Crippen molar-refractivity contribution in [2.75, 3.05) is 18.0 Å². The van der Waals surface area contributed by atoms with Gasteiger partial charge >= 0.3 is 0 Å². The number of anilines is 1. The fourth-order valence-electron chi connectivity index (χ4n) is 3.05. The molecule has 3 rings (SSSR count). The Morgan fingerprint density at radius 3 is 2.60 bits per heavy atom. The number of amides is 1. The Morgan fingerprint density at radius 2 is 2.00 bits per heavy atom. The molecule has 2 unspecified atom stereocenters. The molecule has 5 nitrogen and oxygen atoms in total. The fraction of sp³-hybridized carbons (Fsp3) is 0.579. The van der Waals surface area contributed by atoms with Crippen molar-refractivity contribution in [2.24, 2.45) is 10.9 Å². The Labute approximate surface area is 167 Å². The van der Waals surface area contributed by atoms with Gasteiger partial charge in [-0.25, -0.2) is 4.99 Å². The van der Waals surface area contributed by atoms with Crippen LogP contribution in [0.1, 0.15) is 45.1 Å². The van der Waals surface area contributed by atoms with Gasteiger partial charge in [0.15, 0.2) is 5.96 Å². The van der Waals surface area contributed by atoms with Gasteiger partial charge in [0, 0.05) is 31.2 Å². The summed E-state index contributed by atoms with van der Waals surface area (Å²) in [6.45, 7) is 6.68. The number of carbonyl (C=O) groups excluding carboxylic acids is 1. The number of nitrogens with one attached hydrogen (secondary N) is 2. The van der Waals surface area contributed by atoms with Crippen molar-refractivity contribution in [3.8, 4) is 0 Å². The van der Waals surface area contributed by atoms with Crippen molar-refractivity contribution in [2.45, 2.75) is 52.1 Å². The minimum Gasteiger partial charge on any atom is -0.357 e. The molecule has 6 heteroatoms. The Kier molecular flexibility index (Phi) is 7.53. The first-order valence-electron chi connectivity index (χ1n) is 9.11. The molecule has 1 aromatic carbocycles. The molecule has 0 aromatic heterocycles. The molecule has 2 N–H and O–H groups in total. The zero-order chi connectivity index (χ0) is 16.9. The molecule has 2 fully saturated rings. The minimum atomic E-state index is 0. The van der Waals surface area contributed by atoms with Crippen LogP contribution in [-0.2, 0) is 11.3 Å². The number of halogens is 1. The van der Waals surface area contributed by atoms with Crippen LogP contribution >= 0.6 is 24.0 Å². The maximum Gasteiger partial charge on any atom is 0.226 e. The van der Waals surface area contributed by atoms with E-state index in [-0.39, 0.29) is 29.9 Å². The lowest BCUT2D eigenvalue weighted by Crippen LogP contribution is -2.39. The SMILES string of the molecule is CCNC(=NCc1ccc(N2CCCCC2=O)cc1)NC1CC1C.I. The molecule has 1 aliphatic heterocycles. The number of hydrogen-bond acceptors (Lipinski definition) is 2. The van der Waals surface area contributed by atoms with E-state index in [1.54, 1.807) is 0 Å². The summed E-state index contributed by atoms with van der Waals surface area (Å²) >= 11 is 0. The quantitative estimate of drug-likeness (QED) is 0.406. The summed E-state index contributed by atoms with van der Waals surface area (Å²) in [5.41, 5.74) is 2.16. The van der Waals surface area contributed by atoms with Crippen LogP contribution in [0.4, 0.5) is 5.69 Å². The van der Waals surface area contributed by atoms with Crippen LogP contribution in [-0.4, -0.2) is 31.0 Å². The van der Waals surface area contributed by atoms with Gasteiger partial charge < -0.3 is 15.5 Å². The molecule has 1 saturated carbocycles. The predicted molar refractivity (Wildman–Crippen MR) is 114 cm³/mol. The third-order valence-electron chi connectivity index (χ3n) is 4.77. The standard InChI is InChI=1S/C19H28N4O.HI/c1-3-20-19(22-17-12-14(17)2)21-13-15-7-9-16(10-8-15)23-11-5-4-6-18(23)24;/h7-10,14,17H,3-6,11-13H2,1-2H3,(H2,20,21,22);1H. The van der Waals surface area contributed by atoms with E-state index in [2.05, 4.69) is 41.6 Å². The number of carbonyl (C=O) groups is 1. The van der Waals surface area contributed by atoms with E-state index >= 15 is 0 Å². The summed E-state index contributed by atoms with van der Waals surface area (Å²) < 4.78 is 0. The average molecular weight is 456 g/mol. The molecule has 0 bridgehead atoms. The van der Waals surface area contributed by atoms with E-state index in [9.17, 15) is 4.79 Å². The number of piperidine rings is 1. The van der Waals surface area contributed by atoms with Crippen molar-refractivity contribution in [1.82, 2.24) is 10.6 Å². The average Bonchev–Trinajstić information content (AvgIpc) is 3.29. The zero-order valence-corrected chi connectivity index (χ0v) is 17.5. The maximum absolute atomic E-state index is 12.0. The largest absolute Gasteiger partial charge is 0.357 e. The van der Waals surface area contributed by atoms with Crippen LogP contribution in [0.3, 0.4) is 0 Å². The number of guanidine groups is 1. The van der Waals surface area contributed by atoms with Crippen LogP contribution in [0.2, 0.25) is 0 Å². The highest BCUT2D eigenvalue weighted by molar-refractivity contribution is 14.0. The third-order valence-corrected chi connectivity index (χ3v) is 4.77. The molecule has 1 amide bonds. The lowest BCUT2D eigenvalue weighted by atomic mass is 10.1. The molecule has 1 aromatic rings. The van der Waals surface area contributed by atoms with Crippen molar-refractivity contribution >= 4 is 41.5 Å². The van der Waals surface area contributed by atoms with Gasteiger partial charge in [-0.1, -0.05) is 19.1 Å². The highest BCUT2D eigenvalue weighted by Gasteiger charge is 2.33. The first-order chi connectivity index (χ1) is 11.7. The molecule has 0 spiro atoms. The smallest absolute Gasteiger partial charge is 0.226 e. The number of nitrogens with zero attached hydrogens (tertiary/aromatic N) is 2. The molecule has 2 atom stereocenters. The lowest BCUT2D eigenvalue weighted by Gasteiger charge is -2.26. The Balaban J connectivity index is 0.00000225. The summed E-state index contributed by atoms with van der Waals surface area (Å²) in [7, 11) is 0. The molecule has 2 aliphatic rings. The predicted octanol–water partition coefficient (Wildman–Crippen LogP) is 3.29. The van der Waals surface area contributed by atoms with Gasteiger partial charge in [0.1, 0.15) is 0 Å². The van der Waals surface area contributed by atoms with Crippen molar-refractivity contribution in [3.63, 3.8) is 0 Å². The second-order valence-electron chi connectivity index (χ2n) is 6.83. The highest BCUT2D eigenvalue weighted by atomic mass is 127. The van der Waals surface area contributed by atoms with Crippen molar-refractivity contribution in [3.05, 3.63) is 29.8 Å². The van der Waals surface area contributed by atoms with Gasteiger partial charge in [-0.05, 0) is 49.8 Å². The zero-order valence-electron chi connectivity index (χ0n) is 15.1. The number of benzene rings is 1. The Bertz CT molecular complexity index is 602. The molecule has 25 heavy (non-hydrogen) atoms. The monoisotopic (exact) mass is 456 g/mol. The van der Waals surface area contributed by atoms with E-state index < -0.39 is 0 Å². The van der Waals surface area contributed by atoms with Crippen molar-refractivity contribution in [1.29, 1.82) is 0 Å². The van der Waals surface area contributed by atoms with Crippen LogP contribution in [0, 0.1) is 5.92 Å². The Hall–Kier alpha value is -1.31. The van der Waals surface area contributed by atoms with Gasteiger partial charge in [0.25, 0.3) is 0 Å². The van der Waals surface area contributed by atoms with Gasteiger partial charge in [-0.2, -0.15) is 0 Å². The summed E-state index contributed by atoms with van der Waals surface area (Å²) in [6.07, 6.45) is 4.00. The van der Waals surface area contributed by atoms with Crippen LogP contribution in [0.25, 0.3) is 0 Å². The molecular formula is C19H29IN4O. The highest BCUT2D eigenvalue weighted by Crippen LogP contribution is 2.28. The molecule has 138 valence electrons. The second-order valence-corrected chi connectivity index (χ2v) is 6.83. The van der Waals surface area contributed by atoms with E-state index in [0.717, 1.165) is 49.1 Å². The maximum atomic E-state index is 12.0. The molecule has 1 heterocycles. The van der Waals surface area contributed by atoms with Gasteiger partial charge in [0.2, 0.25) is 5.91 Å². The van der Waals surface area contributed by atoms with Crippen LogP contribution < -0.4 is 15.5 Å². The van der Waals surface area contributed by atoms with E-state index in [0.29, 0.717) is 19.0 Å². The van der Waals surface area contributed by atoms with Crippen LogP contribution in [0.15, 0.2) is 29.3 Å². The topological polar surface area (TPSA) is 56.7 Å². The summed E-state index contributed by atoms with van der Waals surface area (Å²) in [4.78, 5) is 18.6. The first-order valence-corrected chi connectivity index (χ1v) is 9.11. The summed E-state index contributed by atoms with van der Waals surface area (Å²) in [5, 5.41) is 6.77. The van der Waals surface area contributed by atoms with E-state index in [4.69, 9.17) is 0 Å². The van der Waals surface area contributed by atoms with Crippen LogP contribution in [0.5, 0.6) is 0 Å². The molecule has 0 radical (unpaired) electrons. The first kappa shape index (κ1) is 20.0. The van der Waals surface area contributed by atoms with Gasteiger partial charge in [-0.3, -0.25) is 4.79 Å². The Morgan fingerprint density at radius 1 is 1.28 bits per heavy atom. The minimum absolute atomic E-state index is 0. The summed E-state index contributed by atoms with van der Waals surface area (Å²) in [6, 6.07) is 8.79. The number of rotatable bonds is 5. The van der Waals surface area contributed by atoms with E-state index in [1.807, 2.05) is 17.0 Å². The van der Waals surface area contributed by atoms with Gasteiger partial charge in [0.05, 0.1) is 6.54 Å².